The van der Waals surface area contributed by atoms with Crippen molar-refractivity contribution in [3.05, 3.63) is 62.3 Å². The molecule has 0 fully saturated rings. The van der Waals surface area contributed by atoms with Crippen molar-refractivity contribution in [1.29, 1.82) is 0 Å². The number of benzene rings is 2. The van der Waals surface area contributed by atoms with E-state index in [-0.39, 0.29) is 0 Å². The molecule has 1 aromatic heterocycles. The molecule has 1 heterocycles. The van der Waals surface area contributed by atoms with E-state index in [0.717, 1.165) is 22.1 Å². The number of hydrogen-bond donors (Lipinski definition) is 1. The lowest BCUT2D eigenvalue weighted by molar-refractivity contribution is 0.810. The highest BCUT2D eigenvalue weighted by molar-refractivity contribution is 9.10. The highest BCUT2D eigenvalue weighted by Crippen LogP contribution is 2.23. The zero-order valence-corrected chi connectivity index (χ0v) is 13.0. The van der Waals surface area contributed by atoms with Crippen LogP contribution in [0.15, 0.2) is 46.9 Å². The first kappa shape index (κ1) is 12.9. The summed E-state index contributed by atoms with van der Waals surface area (Å²) in [5.41, 5.74) is 3.12. The molecule has 0 spiro atoms. The van der Waals surface area contributed by atoms with Gasteiger partial charge in [0, 0.05) is 4.47 Å². The molecule has 2 aromatic carbocycles. The zero-order valence-electron chi connectivity index (χ0n) is 9.86. The van der Waals surface area contributed by atoms with Crippen LogP contribution < -0.4 is 0 Å². The van der Waals surface area contributed by atoms with Gasteiger partial charge in [-0.25, -0.2) is 0 Å². The molecule has 0 atom stereocenters. The fourth-order valence-electron chi connectivity index (χ4n) is 2.07. The van der Waals surface area contributed by atoms with Crippen molar-refractivity contribution in [3.63, 3.8) is 0 Å². The van der Waals surface area contributed by atoms with E-state index in [9.17, 15) is 0 Å². The van der Waals surface area contributed by atoms with Crippen LogP contribution in [0.5, 0.6) is 0 Å². The van der Waals surface area contributed by atoms with Crippen LogP contribution in [-0.4, -0.2) is 9.55 Å². The molecule has 0 amide bonds. The molecule has 96 valence electrons. The second-order valence-electron chi connectivity index (χ2n) is 4.28. The zero-order chi connectivity index (χ0) is 13.4. The van der Waals surface area contributed by atoms with Gasteiger partial charge in [-0.1, -0.05) is 45.7 Å². The smallest absolute Gasteiger partial charge is 0.178 e. The summed E-state index contributed by atoms with van der Waals surface area (Å²) >= 11 is 15.0. The Morgan fingerprint density at radius 2 is 1.89 bits per heavy atom. The predicted molar refractivity (Wildman–Crippen MR) is 85.4 cm³/mol. The molecule has 0 radical (unpaired) electrons. The molecule has 0 saturated carbocycles. The van der Waals surface area contributed by atoms with Gasteiger partial charge in [-0.15, -0.1) is 0 Å². The van der Waals surface area contributed by atoms with Crippen LogP contribution in [0.1, 0.15) is 5.56 Å². The van der Waals surface area contributed by atoms with Gasteiger partial charge >= 0.3 is 0 Å². The van der Waals surface area contributed by atoms with Gasteiger partial charge in [0.25, 0.3) is 0 Å². The maximum absolute atomic E-state index is 6.17. The van der Waals surface area contributed by atoms with Gasteiger partial charge in [-0.05, 0) is 42.0 Å². The van der Waals surface area contributed by atoms with Gasteiger partial charge in [0.2, 0.25) is 0 Å². The first-order valence-corrected chi connectivity index (χ1v) is 7.34. The number of hydrogen-bond acceptors (Lipinski definition) is 1. The lowest BCUT2D eigenvalue weighted by Gasteiger charge is -2.05. The van der Waals surface area contributed by atoms with Crippen molar-refractivity contribution in [1.82, 2.24) is 9.55 Å². The number of aromatic amines is 1. The number of aromatic nitrogens is 2. The number of nitrogens with zero attached hydrogens (tertiary/aromatic N) is 1. The van der Waals surface area contributed by atoms with E-state index < -0.39 is 0 Å². The standard InChI is InChI=1S/C14H10BrClN2S/c15-10-6-4-9(5-7-10)8-18-12-3-1-2-11(16)13(12)17-14(18)19/h1-7H,8H2,(H,17,19). The fourth-order valence-corrected chi connectivity index (χ4v) is 2.82. The second-order valence-corrected chi connectivity index (χ2v) is 5.99. The Bertz CT molecular complexity index is 789. The van der Waals surface area contributed by atoms with Gasteiger partial charge in [0.05, 0.1) is 22.6 Å². The summed E-state index contributed by atoms with van der Waals surface area (Å²) in [5, 5.41) is 0.693. The molecule has 5 heteroatoms. The molecule has 0 aliphatic heterocycles. The van der Waals surface area contributed by atoms with Gasteiger partial charge in [-0.2, -0.15) is 0 Å². The van der Waals surface area contributed by atoms with E-state index in [2.05, 4.69) is 37.6 Å². The Kier molecular flexibility index (Phi) is 3.48. The molecule has 3 aromatic rings. The fraction of sp³-hybridized carbons (Fsp3) is 0.0714. The average molecular weight is 354 g/mol. The molecule has 0 bridgehead atoms. The minimum atomic E-state index is 0.686. The number of nitrogens with one attached hydrogen (secondary N) is 1. The summed E-state index contributed by atoms with van der Waals surface area (Å²) in [6.07, 6.45) is 0. The number of halogens is 2. The summed E-state index contributed by atoms with van der Waals surface area (Å²) in [7, 11) is 0. The van der Waals surface area contributed by atoms with Crippen molar-refractivity contribution in [2.24, 2.45) is 0 Å². The van der Waals surface area contributed by atoms with Gasteiger partial charge in [0.1, 0.15) is 0 Å². The molecule has 19 heavy (non-hydrogen) atoms. The van der Waals surface area contributed by atoms with Crippen LogP contribution >= 0.6 is 39.7 Å². The lowest BCUT2D eigenvalue weighted by Crippen LogP contribution is -1.99. The van der Waals surface area contributed by atoms with Crippen LogP contribution in [0.2, 0.25) is 5.02 Å². The summed E-state index contributed by atoms with van der Waals surface area (Å²) in [6.45, 7) is 0.729. The second kappa shape index (κ2) is 5.12. The van der Waals surface area contributed by atoms with Crippen LogP contribution in [0.4, 0.5) is 0 Å². The maximum Gasteiger partial charge on any atom is 0.178 e. The van der Waals surface area contributed by atoms with Crippen molar-refractivity contribution >= 4 is 50.8 Å². The highest BCUT2D eigenvalue weighted by atomic mass is 79.9. The number of imidazole rings is 1. The minimum absolute atomic E-state index is 0.686. The van der Waals surface area contributed by atoms with Crippen molar-refractivity contribution in [2.75, 3.05) is 0 Å². The van der Waals surface area contributed by atoms with E-state index in [1.807, 2.05) is 30.3 Å². The lowest BCUT2D eigenvalue weighted by atomic mass is 10.2. The Morgan fingerprint density at radius 3 is 2.63 bits per heavy atom. The third-order valence-electron chi connectivity index (χ3n) is 3.01. The maximum atomic E-state index is 6.17. The van der Waals surface area contributed by atoms with Gasteiger partial charge in [-0.3, -0.25) is 0 Å². The molecule has 3 rings (SSSR count). The van der Waals surface area contributed by atoms with Crippen molar-refractivity contribution in [3.8, 4) is 0 Å². The Labute approximate surface area is 129 Å². The highest BCUT2D eigenvalue weighted by Gasteiger charge is 2.07. The van der Waals surface area contributed by atoms with Gasteiger partial charge in [0.15, 0.2) is 4.77 Å². The van der Waals surface area contributed by atoms with Crippen molar-refractivity contribution < 1.29 is 0 Å². The molecule has 0 aliphatic carbocycles. The van der Waals surface area contributed by atoms with E-state index in [4.69, 9.17) is 23.8 Å². The first-order valence-electron chi connectivity index (χ1n) is 5.76. The molecule has 1 N–H and O–H groups in total. The Hall–Kier alpha value is -1.10. The predicted octanol–water partition coefficient (Wildman–Crippen LogP) is 5.16. The monoisotopic (exact) mass is 352 g/mol. The quantitative estimate of drug-likeness (QED) is 0.631. The van der Waals surface area contributed by atoms with E-state index in [1.54, 1.807) is 0 Å². The van der Waals surface area contributed by atoms with Crippen molar-refractivity contribution in [2.45, 2.75) is 6.54 Å². The SMILES string of the molecule is S=c1[nH]c2c(Cl)cccc2n1Cc1ccc(Br)cc1. The van der Waals surface area contributed by atoms with E-state index in [0.29, 0.717) is 9.79 Å². The number of H-pyrrole nitrogens is 1. The van der Waals surface area contributed by atoms with Crippen LogP contribution in [0.25, 0.3) is 11.0 Å². The molecule has 0 aliphatic rings. The summed E-state index contributed by atoms with van der Waals surface area (Å²) in [4.78, 5) is 3.16. The molecule has 2 nitrogen and oxygen atoms in total. The Balaban J connectivity index is 2.10. The topological polar surface area (TPSA) is 20.7 Å². The number of para-hydroxylation sites is 1. The summed E-state index contributed by atoms with van der Waals surface area (Å²) in [6, 6.07) is 14.0. The summed E-state index contributed by atoms with van der Waals surface area (Å²) in [5.74, 6) is 0. The van der Waals surface area contributed by atoms with Crippen LogP contribution in [0.3, 0.4) is 0 Å². The molecular weight excluding hydrogens is 344 g/mol. The third kappa shape index (κ3) is 2.48. The normalized spacial score (nSPS) is 11.1. The first-order chi connectivity index (χ1) is 9.15. The largest absolute Gasteiger partial charge is 0.329 e. The van der Waals surface area contributed by atoms with Gasteiger partial charge < -0.3 is 9.55 Å². The molecule has 0 saturated heterocycles. The van der Waals surface area contributed by atoms with Crippen LogP contribution in [-0.2, 0) is 6.54 Å². The number of rotatable bonds is 2. The Morgan fingerprint density at radius 1 is 1.16 bits per heavy atom. The third-order valence-corrected chi connectivity index (χ3v) is 4.18. The van der Waals surface area contributed by atoms with E-state index in [1.165, 1.54) is 5.56 Å². The minimum Gasteiger partial charge on any atom is -0.329 e. The van der Waals surface area contributed by atoms with E-state index >= 15 is 0 Å². The average Bonchev–Trinajstić information content (AvgIpc) is 2.71. The molecular formula is C14H10BrClN2S. The summed E-state index contributed by atoms with van der Waals surface area (Å²) < 4.78 is 3.81. The van der Waals surface area contributed by atoms with Crippen LogP contribution in [0, 0.1) is 4.77 Å². The molecule has 0 unspecified atom stereocenters. The number of fused-ring (bicyclic) bond motifs is 1.